The summed E-state index contributed by atoms with van der Waals surface area (Å²) in [6.07, 6.45) is 1.25. The fourth-order valence-electron chi connectivity index (χ4n) is 4.21. The van der Waals surface area contributed by atoms with Crippen LogP contribution in [-0.4, -0.2) is 44.3 Å². The Morgan fingerprint density at radius 2 is 1.81 bits per heavy atom. The third-order valence-electron chi connectivity index (χ3n) is 5.84. The van der Waals surface area contributed by atoms with Crippen LogP contribution in [0.2, 0.25) is 0 Å². The molecule has 2 amide bonds. The smallest absolute Gasteiger partial charge is 0.270 e. The SMILES string of the molecule is COc1ccc2c(c1)c(N1CCCC1=O)c(C(=O)NCc1ccc(OC)c(OC)c1)n2C. The highest BCUT2D eigenvalue weighted by molar-refractivity contribution is 6.14. The Balaban J connectivity index is 1.70. The van der Waals surface area contributed by atoms with Gasteiger partial charge in [0.05, 0.1) is 32.5 Å². The number of ether oxygens (including phenoxy) is 3. The van der Waals surface area contributed by atoms with Gasteiger partial charge in [0.15, 0.2) is 11.5 Å². The minimum absolute atomic E-state index is 0.0225. The number of anilines is 1. The lowest BCUT2D eigenvalue weighted by molar-refractivity contribution is -0.117. The summed E-state index contributed by atoms with van der Waals surface area (Å²) in [5, 5.41) is 3.81. The Labute approximate surface area is 186 Å². The van der Waals surface area contributed by atoms with Gasteiger partial charge in [0.1, 0.15) is 11.4 Å². The summed E-state index contributed by atoms with van der Waals surface area (Å²) >= 11 is 0. The van der Waals surface area contributed by atoms with E-state index in [1.807, 2.05) is 41.9 Å². The van der Waals surface area contributed by atoms with Gasteiger partial charge in [-0.3, -0.25) is 9.59 Å². The van der Waals surface area contributed by atoms with Crippen LogP contribution in [0, 0.1) is 0 Å². The van der Waals surface area contributed by atoms with Crippen molar-refractivity contribution in [2.24, 2.45) is 7.05 Å². The summed E-state index contributed by atoms with van der Waals surface area (Å²) in [5.41, 5.74) is 2.81. The summed E-state index contributed by atoms with van der Waals surface area (Å²) in [5.74, 6) is 1.66. The number of nitrogens with zero attached hydrogens (tertiary/aromatic N) is 2. The minimum atomic E-state index is -0.257. The first-order valence-electron chi connectivity index (χ1n) is 10.4. The van der Waals surface area contributed by atoms with Gasteiger partial charge in [-0.15, -0.1) is 0 Å². The average molecular weight is 437 g/mol. The fourth-order valence-corrected chi connectivity index (χ4v) is 4.21. The van der Waals surface area contributed by atoms with Gasteiger partial charge in [0.2, 0.25) is 5.91 Å². The molecule has 0 radical (unpaired) electrons. The first kappa shape index (κ1) is 21.5. The Morgan fingerprint density at radius 3 is 2.47 bits per heavy atom. The second-order valence-corrected chi connectivity index (χ2v) is 7.66. The van der Waals surface area contributed by atoms with E-state index in [1.165, 1.54) is 0 Å². The first-order chi connectivity index (χ1) is 15.5. The number of hydrogen-bond donors (Lipinski definition) is 1. The molecular weight excluding hydrogens is 410 g/mol. The van der Waals surface area contributed by atoms with E-state index in [0.29, 0.717) is 48.1 Å². The van der Waals surface area contributed by atoms with Crippen molar-refractivity contribution in [1.29, 1.82) is 0 Å². The number of fused-ring (bicyclic) bond motifs is 1. The minimum Gasteiger partial charge on any atom is -0.497 e. The standard InChI is InChI=1S/C24H27N3O5/c1-26-18-9-8-16(30-2)13-17(18)22(27-11-5-6-21(27)28)23(26)24(29)25-14-15-7-10-19(31-3)20(12-15)32-4/h7-10,12-13H,5-6,11,14H2,1-4H3,(H,25,29). The molecule has 1 aliphatic rings. The molecule has 0 aliphatic carbocycles. The average Bonchev–Trinajstić information content (AvgIpc) is 3.36. The predicted octanol–water partition coefficient (Wildman–Crippen LogP) is 3.26. The van der Waals surface area contributed by atoms with E-state index in [4.69, 9.17) is 14.2 Å². The van der Waals surface area contributed by atoms with Gasteiger partial charge in [-0.25, -0.2) is 0 Å². The molecule has 0 atom stereocenters. The zero-order chi connectivity index (χ0) is 22.8. The van der Waals surface area contributed by atoms with Gasteiger partial charge < -0.3 is 29.0 Å². The van der Waals surface area contributed by atoms with Crippen molar-refractivity contribution >= 4 is 28.4 Å². The lowest BCUT2D eigenvalue weighted by atomic mass is 10.1. The van der Waals surface area contributed by atoms with E-state index in [0.717, 1.165) is 22.9 Å². The number of benzene rings is 2. The van der Waals surface area contributed by atoms with E-state index in [2.05, 4.69) is 5.32 Å². The maximum absolute atomic E-state index is 13.4. The molecule has 8 nitrogen and oxygen atoms in total. The molecule has 168 valence electrons. The van der Waals surface area contributed by atoms with Crippen molar-refractivity contribution in [1.82, 2.24) is 9.88 Å². The van der Waals surface area contributed by atoms with Crippen molar-refractivity contribution < 1.29 is 23.8 Å². The molecule has 0 unspecified atom stereocenters. The summed E-state index contributed by atoms with van der Waals surface area (Å²) in [6, 6.07) is 11.1. The summed E-state index contributed by atoms with van der Waals surface area (Å²) in [7, 11) is 6.59. The molecule has 8 heteroatoms. The second-order valence-electron chi connectivity index (χ2n) is 7.66. The zero-order valence-electron chi connectivity index (χ0n) is 18.7. The number of aromatic nitrogens is 1. The zero-order valence-corrected chi connectivity index (χ0v) is 18.7. The van der Waals surface area contributed by atoms with E-state index in [9.17, 15) is 9.59 Å². The molecule has 1 N–H and O–H groups in total. The molecule has 3 aromatic rings. The number of methoxy groups -OCH3 is 3. The lowest BCUT2D eigenvalue weighted by Crippen LogP contribution is -2.30. The largest absolute Gasteiger partial charge is 0.497 e. The molecule has 1 fully saturated rings. The molecule has 1 saturated heterocycles. The molecule has 32 heavy (non-hydrogen) atoms. The molecular formula is C24H27N3O5. The topological polar surface area (TPSA) is 82.0 Å². The van der Waals surface area contributed by atoms with E-state index in [1.54, 1.807) is 32.3 Å². The third-order valence-corrected chi connectivity index (χ3v) is 5.84. The number of amides is 2. The number of carbonyl (C=O) groups excluding carboxylic acids is 2. The maximum atomic E-state index is 13.4. The number of rotatable bonds is 7. The molecule has 4 rings (SSSR count). The number of nitrogens with one attached hydrogen (secondary N) is 1. The first-order valence-corrected chi connectivity index (χ1v) is 10.4. The quantitative estimate of drug-likeness (QED) is 0.614. The lowest BCUT2D eigenvalue weighted by Gasteiger charge is -2.18. The molecule has 0 bridgehead atoms. The molecule has 0 saturated carbocycles. The Bertz CT molecular complexity index is 1180. The van der Waals surface area contributed by atoms with Crippen LogP contribution < -0.4 is 24.4 Å². The van der Waals surface area contributed by atoms with Gasteiger partial charge in [0.25, 0.3) is 5.91 Å². The van der Waals surface area contributed by atoms with Crippen LogP contribution in [0.3, 0.4) is 0 Å². The van der Waals surface area contributed by atoms with Crippen LogP contribution >= 0.6 is 0 Å². The highest BCUT2D eigenvalue weighted by Gasteiger charge is 2.31. The van der Waals surface area contributed by atoms with Gasteiger partial charge in [-0.05, 0) is 42.3 Å². The van der Waals surface area contributed by atoms with Crippen LogP contribution in [0.25, 0.3) is 10.9 Å². The third kappa shape index (κ3) is 3.72. The van der Waals surface area contributed by atoms with Gasteiger partial charge in [-0.2, -0.15) is 0 Å². The van der Waals surface area contributed by atoms with Gasteiger partial charge in [-0.1, -0.05) is 6.07 Å². The Hall–Kier alpha value is -3.68. The molecule has 2 aromatic carbocycles. The second kappa shape index (κ2) is 8.82. The highest BCUT2D eigenvalue weighted by Crippen LogP contribution is 2.38. The van der Waals surface area contributed by atoms with E-state index < -0.39 is 0 Å². The molecule has 1 aromatic heterocycles. The van der Waals surface area contributed by atoms with Crippen LogP contribution in [0.1, 0.15) is 28.9 Å². The Morgan fingerprint density at radius 1 is 1.03 bits per heavy atom. The van der Waals surface area contributed by atoms with Crippen LogP contribution in [0.4, 0.5) is 5.69 Å². The summed E-state index contributed by atoms with van der Waals surface area (Å²) < 4.78 is 17.8. The van der Waals surface area contributed by atoms with Crippen molar-refractivity contribution in [2.45, 2.75) is 19.4 Å². The van der Waals surface area contributed by atoms with Crippen molar-refractivity contribution in [3.8, 4) is 17.2 Å². The number of hydrogen-bond acceptors (Lipinski definition) is 5. The highest BCUT2D eigenvalue weighted by atomic mass is 16.5. The van der Waals surface area contributed by atoms with Crippen molar-refractivity contribution in [3.05, 3.63) is 47.7 Å². The predicted molar refractivity (Wildman–Crippen MR) is 122 cm³/mol. The van der Waals surface area contributed by atoms with Crippen molar-refractivity contribution in [3.63, 3.8) is 0 Å². The number of aryl methyl sites for hydroxylation is 1. The van der Waals surface area contributed by atoms with Crippen LogP contribution in [0.15, 0.2) is 36.4 Å². The van der Waals surface area contributed by atoms with Crippen LogP contribution in [0.5, 0.6) is 17.2 Å². The fraction of sp³-hybridized carbons (Fsp3) is 0.333. The Kier molecular flexibility index (Phi) is 5.94. The van der Waals surface area contributed by atoms with Crippen LogP contribution in [-0.2, 0) is 18.4 Å². The molecule has 2 heterocycles. The molecule has 1 aliphatic heterocycles. The van der Waals surface area contributed by atoms with E-state index >= 15 is 0 Å². The maximum Gasteiger partial charge on any atom is 0.270 e. The normalized spacial score (nSPS) is 13.5. The molecule has 0 spiro atoms. The summed E-state index contributed by atoms with van der Waals surface area (Å²) in [6.45, 7) is 0.891. The van der Waals surface area contributed by atoms with Crippen molar-refractivity contribution in [2.75, 3.05) is 32.8 Å². The van der Waals surface area contributed by atoms with Gasteiger partial charge in [0, 0.05) is 31.9 Å². The van der Waals surface area contributed by atoms with Gasteiger partial charge >= 0.3 is 0 Å². The monoisotopic (exact) mass is 437 g/mol. The number of carbonyl (C=O) groups is 2. The van der Waals surface area contributed by atoms with E-state index in [-0.39, 0.29) is 11.8 Å². The summed E-state index contributed by atoms with van der Waals surface area (Å²) in [4.78, 5) is 27.7.